The molecule has 88 valence electrons. The van der Waals surface area contributed by atoms with Gasteiger partial charge in [0.2, 0.25) is 0 Å². The lowest BCUT2D eigenvalue weighted by atomic mass is 9.84. The maximum Gasteiger partial charge on any atom is 0.311 e. The monoisotopic (exact) mass is 220 g/mol. The first-order chi connectivity index (χ1) is 7.56. The highest BCUT2D eigenvalue weighted by atomic mass is 16.4. The topological polar surface area (TPSA) is 37.3 Å². The first-order valence-corrected chi connectivity index (χ1v) is 5.85. The van der Waals surface area contributed by atoms with Gasteiger partial charge in [-0.25, -0.2) is 0 Å². The molecule has 16 heavy (non-hydrogen) atoms. The van der Waals surface area contributed by atoms with E-state index in [9.17, 15) is 9.90 Å². The van der Waals surface area contributed by atoms with Crippen molar-refractivity contribution in [2.75, 3.05) is 0 Å². The maximum absolute atomic E-state index is 11.3. The van der Waals surface area contributed by atoms with Gasteiger partial charge in [-0.1, -0.05) is 50.1 Å². The predicted molar refractivity (Wildman–Crippen MR) is 65.6 cm³/mol. The zero-order chi connectivity index (χ0) is 12.1. The molecule has 2 heteroatoms. The van der Waals surface area contributed by atoms with Crippen molar-refractivity contribution in [1.29, 1.82) is 0 Å². The van der Waals surface area contributed by atoms with Crippen LogP contribution in [0.4, 0.5) is 0 Å². The molecule has 0 amide bonds. The quantitative estimate of drug-likeness (QED) is 0.823. The Hall–Kier alpha value is -1.31. The van der Waals surface area contributed by atoms with E-state index in [1.54, 1.807) is 0 Å². The van der Waals surface area contributed by atoms with Gasteiger partial charge in [0, 0.05) is 0 Å². The van der Waals surface area contributed by atoms with E-state index in [4.69, 9.17) is 0 Å². The Balaban J connectivity index is 2.93. The fourth-order valence-electron chi connectivity index (χ4n) is 2.11. The SMILES string of the molecule is CCCC(C)C(C(=O)O)c1ccc(C)cc1. The van der Waals surface area contributed by atoms with Crippen molar-refractivity contribution in [2.24, 2.45) is 5.92 Å². The molecule has 1 aromatic rings. The van der Waals surface area contributed by atoms with E-state index in [1.165, 1.54) is 0 Å². The van der Waals surface area contributed by atoms with Gasteiger partial charge >= 0.3 is 5.97 Å². The molecule has 0 saturated heterocycles. The summed E-state index contributed by atoms with van der Waals surface area (Å²) in [6.45, 7) is 6.11. The van der Waals surface area contributed by atoms with Gasteiger partial charge in [-0.3, -0.25) is 4.79 Å². The summed E-state index contributed by atoms with van der Waals surface area (Å²) >= 11 is 0. The van der Waals surface area contributed by atoms with E-state index < -0.39 is 5.97 Å². The van der Waals surface area contributed by atoms with Crippen molar-refractivity contribution in [1.82, 2.24) is 0 Å². The zero-order valence-corrected chi connectivity index (χ0v) is 10.2. The molecule has 0 heterocycles. The van der Waals surface area contributed by atoms with Gasteiger partial charge in [-0.15, -0.1) is 0 Å². The minimum absolute atomic E-state index is 0.185. The highest BCUT2D eigenvalue weighted by molar-refractivity contribution is 5.76. The van der Waals surface area contributed by atoms with Crippen molar-refractivity contribution in [3.05, 3.63) is 35.4 Å². The fourth-order valence-corrected chi connectivity index (χ4v) is 2.11. The summed E-state index contributed by atoms with van der Waals surface area (Å²) in [5.74, 6) is -0.907. The summed E-state index contributed by atoms with van der Waals surface area (Å²) in [6, 6.07) is 7.81. The first kappa shape index (κ1) is 12.8. The van der Waals surface area contributed by atoms with Crippen molar-refractivity contribution >= 4 is 5.97 Å². The average molecular weight is 220 g/mol. The highest BCUT2D eigenvalue weighted by Gasteiger charge is 2.25. The van der Waals surface area contributed by atoms with Crippen LogP contribution in [0.1, 0.15) is 43.7 Å². The van der Waals surface area contributed by atoms with Gasteiger partial charge in [-0.2, -0.15) is 0 Å². The number of aliphatic carboxylic acids is 1. The van der Waals surface area contributed by atoms with Crippen LogP contribution in [-0.4, -0.2) is 11.1 Å². The number of carbonyl (C=O) groups is 1. The first-order valence-electron chi connectivity index (χ1n) is 5.85. The molecule has 0 aliphatic rings. The lowest BCUT2D eigenvalue weighted by Crippen LogP contribution is -2.19. The Kier molecular flexibility index (Phi) is 4.53. The van der Waals surface area contributed by atoms with Crippen LogP contribution in [0.2, 0.25) is 0 Å². The standard InChI is InChI=1S/C14H20O2/c1-4-5-11(3)13(14(15)16)12-8-6-10(2)7-9-12/h6-9,11,13H,4-5H2,1-3H3,(H,15,16). The smallest absolute Gasteiger partial charge is 0.311 e. The van der Waals surface area contributed by atoms with Crippen LogP contribution in [0.15, 0.2) is 24.3 Å². The molecule has 0 spiro atoms. The van der Waals surface area contributed by atoms with E-state index in [0.717, 1.165) is 24.0 Å². The average Bonchev–Trinajstić information content (AvgIpc) is 2.21. The van der Waals surface area contributed by atoms with Gasteiger partial charge in [0.05, 0.1) is 5.92 Å². The van der Waals surface area contributed by atoms with Crippen molar-refractivity contribution in [3.8, 4) is 0 Å². The van der Waals surface area contributed by atoms with Gasteiger partial charge < -0.3 is 5.11 Å². The van der Waals surface area contributed by atoms with E-state index in [0.29, 0.717) is 0 Å². The van der Waals surface area contributed by atoms with Crippen LogP contribution >= 0.6 is 0 Å². The second kappa shape index (κ2) is 5.69. The number of rotatable bonds is 5. The van der Waals surface area contributed by atoms with Gasteiger partial charge in [0.15, 0.2) is 0 Å². The van der Waals surface area contributed by atoms with Gasteiger partial charge in [0.25, 0.3) is 0 Å². The van der Waals surface area contributed by atoms with Gasteiger partial charge in [0.1, 0.15) is 0 Å². The number of benzene rings is 1. The van der Waals surface area contributed by atoms with Gasteiger partial charge in [-0.05, 0) is 24.8 Å². The predicted octanol–water partition coefficient (Wildman–Crippen LogP) is 3.60. The third kappa shape index (κ3) is 3.09. The molecule has 0 aliphatic carbocycles. The van der Waals surface area contributed by atoms with Crippen molar-refractivity contribution in [3.63, 3.8) is 0 Å². The van der Waals surface area contributed by atoms with Crippen LogP contribution in [-0.2, 0) is 4.79 Å². The molecule has 2 unspecified atom stereocenters. The Bertz CT molecular complexity index is 340. The normalized spacial score (nSPS) is 14.4. The number of hydrogen-bond donors (Lipinski definition) is 1. The van der Waals surface area contributed by atoms with Crippen LogP contribution in [0, 0.1) is 12.8 Å². The molecule has 0 bridgehead atoms. The molecule has 1 aromatic carbocycles. The Morgan fingerprint density at radius 3 is 2.31 bits per heavy atom. The summed E-state index contributed by atoms with van der Waals surface area (Å²) in [4.78, 5) is 11.3. The molecule has 0 fully saturated rings. The molecule has 0 radical (unpaired) electrons. The summed E-state index contributed by atoms with van der Waals surface area (Å²) in [5, 5.41) is 9.29. The Labute approximate surface area is 97.3 Å². The molecular weight excluding hydrogens is 200 g/mol. The van der Waals surface area contributed by atoms with Crippen molar-refractivity contribution < 1.29 is 9.90 Å². The number of carboxylic acid groups (broad SMARTS) is 1. The number of carboxylic acids is 1. The number of aryl methyl sites for hydroxylation is 1. The van der Waals surface area contributed by atoms with Crippen LogP contribution < -0.4 is 0 Å². The third-order valence-corrected chi connectivity index (χ3v) is 3.02. The van der Waals surface area contributed by atoms with E-state index in [2.05, 4.69) is 6.92 Å². The second-order valence-electron chi connectivity index (χ2n) is 4.49. The lowest BCUT2D eigenvalue weighted by molar-refractivity contribution is -0.140. The van der Waals surface area contributed by atoms with Crippen LogP contribution in [0.25, 0.3) is 0 Å². The van der Waals surface area contributed by atoms with Crippen LogP contribution in [0.3, 0.4) is 0 Å². The Morgan fingerprint density at radius 1 is 1.31 bits per heavy atom. The summed E-state index contributed by atoms with van der Waals surface area (Å²) < 4.78 is 0. The molecule has 2 nitrogen and oxygen atoms in total. The Morgan fingerprint density at radius 2 is 1.88 bits per heavy atom. The van der Waals surface area contributed by atoms with Crippen molar-refractivity contribution in [2.45, 2.75) is 39.5 Å². The largest absolute Gasteiger partial charge is 0.481 e. The second-order valence-corrected chi connectivity index (χ2v) is 4.49. The van der Waals surface area contributed by atoms with Crippen LogP contribution in [0.5, 0.6) is 0 Å². The highest BCUT2D eigenvalue weighted by Crippen LogP contribution is 2.28. The molecule has 2 atom stereocenters. The van der Waals surface area contributed by atoms with E-state index >= 15 is 0 Å². The maximum atomic E-state index is 11.3. The number of hydrogen-bond acceptors (Lipinski definition) is 1. The third-order valence-electron chi connectivity index (χ3n) is 3.02. The molecule has 0 aliphatic heterocycles. The summed E-state index contributed by atoms with van der Waals surface area (Å²) in [7, 11) is 0. The molecular formula is C14H20O2. The lowest BCUT2D eigenvalue weighted by Gasteiger charge is -2.20. The zero-order valence-electron chi connectivity index (χ0n) is 10.2. The minimum atomic E-state index is -0.718. The van der Waals surface area contributed by atoms with E-state index in [-0.39, 0.29) is 11.8 Å². The molecule has 0 aromatic heterocycles. The summed E-state index contributed by atoms with van der Waals surface area (Å²) in [6.07, 6.45) is 1.97. The molecule has 1 rings (SSSR count). The van der Waals surface area contributed by atoms with E-state index in [1.807, 2.05) is 38.1 Å². The molecule has 0 saturated carbocycles. The minimum Gasteiger partial charge on any atom is -0.481 e. The molecule has 1 N–H and O–H groups in total. The summed E-state index contributed by atoms with van der Waals surface area (Å²) in [5.41, 5.74) is 2.08. The fraction of sp³-hybridized carbons (Fsp3) is 0.500.